The van der Waals surface area contributed by atoms with Crippen molar-refractivity contribution in [1.29, 1.82) is 0 Å². The monoisotopic (exact) mass is 207 g/mol. The maximum absolute atomic E-state index is 11.2. The van der Waals surface area contributed by atoms with Crippen LogP contribution in [-0.2, 0) is 4.79 Å². The molecule has 1 aromatic rings. The number of ketones is 1. The van der Waals surface area contributed by atoms with Crippen molar-refractivity contribution in [3.63, 3.8) is 0 Å². The van der Waals surface area contributed by atoms with Crippen LogP contribution in [0.3, 0.4) is 0 Å². The maximum Gasteiger partial charge on any atom is 0.258 e. The van der Waals surface area contributed by atoms with Crippen molar-refractivity contribution in [3.8, 4) is 5.75 Å². The Hall–Kier alpha value is -1.84. The van der Waals surface area contributed by atoms with Gasteiger partial charge < -0.3 is 10.5 Å². The minimum Gasteiger partial charge on any atom is -0.480 e. The predicted molar refractivity (Wildman–Crippen MR) is 55.7 cm³/mol. The Labute approximate surface area is 88.0 Å². The molecule has 1 aromatic carbocycles. The van der Waals surface area contributed by atoms with Crippen LogP contribution in [0.4, 0.5) is 0 Å². The highest BCUT2D eigenvalue weighted by atomic mass is 16.5. The van der Waals surface area contributed by atoms with Crippen molar-refractivity contribution < 1.29 is 14.3 Å². The van der Waals surface area contributed by atoms with Gasteiger partial charge >= 0.3 is 0 Å². The van der Waals surface area contributed by atoms with E-state index in [-0.39, 0.29) is 5.78 Å². The summed E-state index contributed by atoms with van der Waals surface area (Å²) in [5.74, 6) is -0.285. The molecule has 0 saturated heterocycles. The number of hydrogen-bond donors (Lipinski definition) is 1. The van der Waals surface area contributed by atoms with Crippen LogP contribution in [-0.4, -0.2) is 17.8 Å². The minimum absolute atomic E-state index is 0.109. The van der Waals surface area contributed by atoms with Crippen LogP contribution in [0, 0.1) is 0 Å². The molecule has 0 radical (unpaired) electrons. The lowest BCUT2D eigenvalue weighted by Gasteiger charge is -2.13. The number of amides is 1. The second-order valence-electron chi connectivity index (χ2n) is 3.21. The van der Waals surface area contributed by atoms with E-state index in [1.54, 1.807) is 31.2 Å². The highest BCUT2D eigenvalue weighted by molar-refractivity contribution is 5.96. The van der Waals surface area contributed by atoms with Crippen LogP contribution in [0.5, 0.6) is 5.75 Å². The fourth-order valence-corrected chi connectivity index (χ4v) is 1.11. The van der Waals surface area contributed by atoms with Gasteiger partial charge in [-0.1, -0.05) is 12.1 Å². The van der Waals surface area contributed by atoms with Gasteiger partial charge in [0.1, 0.15) is 5.75 Å². The fourth-order valence-electron chi connectivity index (χ4n) is 1.11. The normalized spacial score (nSPS) is 11.9. The Bertz CT molecular complexity index is 387. The summed E-state index contributed by atoms with van der Waals surface area (Å²) in [6, 6.07) is 6.75. The van der Waals surface area contributed by atoms with E-state index in [2.05, 4.69) is 0 Å². The van der Waals surface area contributed by atoms with E-state index in [0.29, 0.717) is 11.3 Å². The predicted octanol–water partition coefficient (Wildman–Crippen LogP) is 1.14. The van der Waals surface area contributed by atoms with Gasteiger partial charge in [-0.25, -0.2) is 0 Å². The van der Waals surface area contributed by atoms with E-state index in [0.717, 1.165) is 0 Å². The first kappa shape index (κ1) is 11.2. The molecule has 0 aliphatic heterocycles. The molecule has 0 fully saturated rings. The average Bonchev–Trinajstić information content (AvgIpc) is 2.18. The van der Waals surface area contributed by atoms with Gasteiger partial charge in [0, 0.05) is 0 Å². The number of ether oxygens (including phenoxy) is 1. The third-order valence-corrected chi connectivity index (χ3v) is 1.97. The van der Waals surface area contributed by atoms with E-state index in [4.69, 9.17) is 10.5 Å². The molecule has 1 unspecified atom stereocenters. The lowest BCUT2D eigenvalue weighted by molar-refractivity contribution is -0.124. The molecule has 0 saturated carbocycles. The van der Waals surface area contributed by atoms with Gasteiger partial charge in [0.15, 0.2) is 11.9 Å². The standard InChI is InChI=1S/C11H13NO3/c1-7(13)9-5-3-4-6-10(9)15-8(2)11(12)14/h3-6,8H,1-2H3,(H2,12,14). The van der Waals surface area contributed by atoms with E-state index >= 15 is 0 Å². The summed E-state index contributed by atoms with van der Waals surface area (Å²) < 4.78 is 5.27. The third-order valence-electron chi connectivity index (χ3n) is 1.97. The molecular weight excluding hydrogens is 194 g/mol. The van der Waals surface area contributed by atoms with Crippen molar-refractivity contribution in [1.82, 2.24) is 0 Å². The van der Waals surface area contributed by atoms with Gasteiger partial charge in [-0.15, -0.1) is 0 Å². The highest BCUT2D eigenvalue weighted by Crippen LogP contribution is 2.19. The van der Waals surface area contributed by atoms with Crippen molar-refractivity contribution in [3.05, 3.63) is 29.8 Å². The first-order valence-electron chi connectivity index (χ1n) is 4.58. The quantitative estimate of drug-likeness (QED) is 0.753. The number of benzene rings is 1. The number of primary amides is 1. The van der Waals surface area contributed by atoms with Gasteiger partial charge in [0.05, 0.1) is 5.56 Å². The Kier molecular flexibility index (Phi) is 3.44. The van der Waals surface area contributed by atoms with Gasteiger partial charge in [-0.3, -0.25) is 9.59 Å². The smallest absolute Gasteiger partial charge is 0.258 e. The molecule has 2 N–H and O–H groups in total. The first-order valence-corrected chi connectivity index (χ1v) is 4.58. The molecule has 0 heterocycles. The SMILES string of the molecule is CC(=O)c1ccccc1OC(C)C(N)=O. The lowest BCUT2D eigenvalue weighted by Crippen LogP contribution is -2.31. The van der Waals surface area contributed by atoms with Crippen molar-refractivity contribution in [2.75, 3.05) is 0 Å². The summed E-state index contributed by atoms with van der Waals surface area (Å²) in [4.78, 5) is 22.0. The number of para-hydroxylation sites is 1. The second kappa shape index (κ2) is 4.59. The Morgan fingerprint density at radius 1 is 1.33 bits per heavy atom. The molecule has 1 amide bonds. The molecule has 0 aromatic heterocycles. The number of carbonyl (C=O) groups is 2. The minimum atomic E-state index is -0.745. The van der Waals surface area contributed by atoms with E-state index in [9.17, 15) is 9.59 Å². The number of hydrogen-bond acceptors (Lipinski definition) is 3. The van der Waals surface area contributed by atoms with Crippen LogP contribution in [0.25, 0.3) is 0 Å². The first-order chi connectivity index (χ1) is 7.02. The van der Waals surface area contributed by atoms with E-state index < -0.39 is 12.0 Å². The Morgan fingerprint density at radius 3 is 2.47 bits per heavy atom. The average molecular weight is 207 g/mol. The van der Waals surface area contributed by atoms with Crippen LogP contribution < -0.4 is 10.5 Å². The molecule has 1 atom stereocenters. The Morgan fingerprint density at radius 2 is 1.93 bits per heavy atom. The summed E-state index contributed by atoms with van der Waals surface area (Å²) in [5.41, 5.74) is 5.51. The van der Waals surface area contributed by atoms with Crippen molar-refractivity contribution in [2.24, 2.45) is 5.73 Å². The maximum atomic E-state index is 11.2. The molecule has 80 valence electrons. The van der Waals surface area contributed by atoms with Crippen LogP contribution >= 0.6 is 0 Å². The molecule has 4 heteroatoms. The molecule has 0 aliphatic rings. The number of carbonyl (C=O) groups excluding carboxylic acids is 2. The van der Waals surface area contributed by atoms with Gasteiger partial charge in [-0.05, 0) is 26.0 Å². The van der Waals surface area contributed by atoms with Crippen LogP contribution in [0.1, 0.15) is 24.2 Å². The molecule has 0 bridgehead atoms. The number of rotatable bonds is 4. The summed E-state index contributed by atoms with van der Waals surface area (Å²) >= 11 is 0. The molecule has 15 heavy (non-hydrogen) atoms. The highest BCUT2D eigenvalue weighted by Gasteiger charge is 2.14. The molecule has 1 rings (SSSR count). The van der Waals surface area contributed by atoms with E-state index in [1.807, 2.05) is 0 Å². The van der Waals surface area contributed by atoms with Crippen molar-refractivity contribution >= 4 is 11.7 Å². The largest absolute Gasteiger partial charge is 0.480 e. The summed E-state index contributed by atoms with van der Waals surface area (Å²) in [5, 5.41) is 0. The topological polar surface area (TPSA) is 69.4 Å². The summed E-state index contributed by atoms with van der Waals surface area (Å²) in [7, 11) is 0. The van der Waals surface area contributed by atoms with Gasteiger partial charge in [0.25, 0.3) is 5.91 Å². The van der Waals surface area contributed by atoms with Crippen LogP contribution in [0.15, 0.2) is 24.3 Å². The third kappa shape index (κ3) is 2.80. The van der Waals surface area contributed by atoms with Crippen molar-refractivity contribution in [2.45, 2.75) is 20.0 Å². The number of nitrogens with two attached hydrogens (primary N) is 1. The molecule has 0 spiro atoms. The molecule has 0 aliphatic carbocycles. The zero-order chi connectivity index (χ0) is 11.4. The molecular formula is C11H13NO3. The number of Topliss-reactive ketones (excluding diaryl/α,β-unsaturated/α-hetero) is 1. The van der Waals surface area contributed by atoms with Gasteiger partial charge in [-0.2, -0.15) is 0 Å². The molecule has 4 nitrogen and oxygen atoms in total. The summed E-state index contributed by atoms with van der Waals surface area (Å²) in [6.45, 7) is 2.98. The zero-order valence-corrected chi connectivity index (χ0v) is 8.69. The van der Waals surface area contributed by atoms with Crippen LogP contribution in [0.2, 0.25) is 0 Å². The zero-order valence-electron chi connectivity index (χ0n) is 8.69. The van der Waals surface area contributed by atoms with E-state index in [1.165, 1.54) is 6.92 Å². The lowest BCUT2D eigenvalue weighted by atomic mass is 10.1. The second-order valence-corrected chi connectivity index (χ2v) is 3.21. The van der Waals surface area contributed by atoms with Gasteiger partial charge in [0.2, 0.25) is 0 Å². The summed E-state index contributed by atoms with van der Waals surface area (Å²) in [6.07, 6.45) is -0.745. The Balaban J connectivity index is 2.94. The fraction of sp³-hybridized carbons (Fsp3) is 0.273.